The van der Waals surface area contributed by atoms with E-state index in [0.29, 0.717) is 16.5 Å². The summed E-state index contributed by atoms with van der Waals surface area (Å²) >= 11 is 6.22. The molecule has 1 fully saturated rings. The lowest BCUT2D eigenvalue weighted by Gasteiger charge is -2.31. The molecule has 0 amide bonds. The van der Waals surface area contributed by atoms with E-state index in [1.807, 2.05) is 6.07 Å². The van der Waals surface area contributed by atoms with Crippen LogP contribution < -0.4 is 5.73 Å². The predicted octanol–water partition coefficient (Wildman–Crippen LogP) is 2.72. The quantitative estimate of drug-likeness (QED) is 0.861. The fourth-order valence-electron chi connectivity index (χ4n) is 2.56. The Bertz CT molecular complexity index is 475. The molecular weight excluding hydrogens is 311 g/mol. The van der Waals surface area contributed by atoms with Crippen molar-refractivity contribution in [3.05, 3.63) is 34.3 Å². The third-order valence-corrected chi connectivity index (χ3v) is 4.27. The standard InChI is InChI=1S/C15H21ClN2O2.ClH/c1-20-15(19)12-2-3-14(16)13(8-12)10-18-6-4-11(9-17)5-7-18;/h2-3,8,11H,4-7,9-10,17H2,1H3;1H. The Labute approximate surface area is 137 Å². The van der Waals surface area contributed by atoms with Crippen molar-refractivity contribution in [1.82, 2.24) is 4.90 Å². The Hall–Kier alpha value is -0.810. The topological polar surface area (TPSA) is 55.6 Å². The van der Waals surface area contributed by atoms with Gasteiger partial charge in [0.1, 0.15) is 0 Å². The Morgan fingerprint density at radius 2 is 2.10 bits per heavy atom. The van der Waals surface area contributed by atoms with E-state index in [1.54, 1.807) is 12.1 Å². The average Bonchev–Trinajstić information content (AvgIpc) is 2.49. The SMILES string of the molecule is COC(=O)c1ccc(Cl)c(CN2CCC(CN)CC2)c1.Cl. The number of esters is 1. The van der Waals surface area contributed by atoms with E-state index >= 15 is 0 Å². The molecular formula is C15H22Cl2N2O2. The van der Waals surface area contributed by atoms with Gasteiger partial charge in [-0.2, -0.15) is 0 Å². The molecule has 1 aliphatic heterocycles. The Morgan fingerprint density at radius 1 is 1.43 bits per heavy atom. The lowest BCUT2D eigenvalue weighted by Crippen LogP contribution is -2.35. The molecule has 0 bridgehead atoms. The second-order valence-electron chi connectivity index (χ2n) is 5.25. The average molecular weight is 333 g/mol. The summed E-state index contributed by atoms with van der Waals surface area (Å²) in [6.07, 6.45) is 2.26. The fraction of sp³-hybridized carbons (Fsp3) is 0.533. The molecule has 0 atom stereocenters. The minimum atomic E-state index is -0.329. The molecule has 0 aromatic heterocycles. The molecule has 2 N–H and O–H groups in total. The van der Waals surface area contributed by atoms with Gasteiger partial charge in [0.2, 0.25) is 0 Å². The summed E-state index contributed by atoms with van der Waals surface area (Å²) in [6.45, 7) is 3.59. The molecule has 4 nitrogen and oxygen atoms in total. The molecule has 0 aliphatic carbocycles. The van der Waals surface area contributed by atoms with E-state index in [1.165, 1.54) is 7.11 Å². The number of nitrogens with two attached hydrogens (primary N) is 1. The number of ether oxygens (including phenoxy) is 1. The number of hydrogen-bond acceptors (Lipinski definition) is 4. The van der Waals surface area contributed by atoms with Gasteiger partial charge in [-0.15, -0.1) is 12.4 Å². The van der Waals surface area contributed by atoms with Gasteiger partial charge in [-0.25, -0.2) is 4.79 Å². The van der Waals surface area contributed by atoms with Crippen LogP contribution in [0.15, 0.2) is 18.2 Å². The van der Waals surface area contributed by atoms with Crippen molar-refractivity contribution in [2.45, 2.75) is 19.4 Å². The van der Waals surface area contributed by atoms with Crippen LogP contribution in [-0.2, 0) is 11.3 Å². The Morgan fingerprint density at radius 3 is 2.67 bits per heavy atom. The number of benzene rings is 1. The van der Waals surface area contributed by atoms with Crippen LogP contribution >= 0.6 is 24.0 Å². The maximum Gasteiger partial charge on any atom is 0.337 e. The zero-order valence-corrected chi connectivity index (χ0v) is 13.8. The summed E-state index contributed by atoms with van der Waals surface area (Å²) in [7, 11) is 1.38. The van der Waals surface area contributed by atoms with E-state index in [0.717, 1.165) is 44.6 Å². The number of carbonyl (C=O) groups excluding carboxylic acids is 1. The minimum absolute atomic E-state index is 0. The van der Waals surface area contributed by atoms with Gasteiger partial charge in [0.05, 0.1) is 12.7 Å². The molecule has 0 radical (unpaired) electrons. The van der Waals surface area contributed by atoms with Gasteiger partial charge in [0.25, 0.3) is 0 Å². The van der Waals surface area contributed by atoms with Crippen LogP contribution in [0.5, 0.6) is 0 Å². The first-order valence-electron chi connectivity index (χ1n) is 6.93. The second kappa shape index (κ2) is 8.59. The number of piperidine rings is 1. The van der Waals surface area contributed by atoms with Crippen molar-refractivity contribution in [1.29, 1.82) is 0 Å². The minimum Gasteiger partial charge on any atom is -0.465 e. The summed E-state index contributed by atoms with van der Waals surface area (Å²) in [5.74, 6) is 0.313. The van der Waals surface area contributed by atoms with Crippen LogP contribution in [0.3, 0.4) is 0 Å². The molecule has 0 spiro atoms. The van der Waals surface area contributed by atoms with Crippen molar-refractivity contribution in [2.75, 3.05) is 26.7 Å². The molecule has 1 aliphatic rings. The van der Waals surface area contributed by atoms with Crippen LogP contribution in [0.25, 0.3) is 0 Å². The summed E-state index contributed by atoms with van der Waals surface area (Å²) in [5.41, 5.74) is 7.22. The third-order valence-electron chi connectivity index (χ3n) is 3.90. The highest BCUT2D eigenvalue weighted by molar-refractivity contribution is 6.31. The van der Waals surface area contributed by atoms with E-state index < -0.39 is 0 Å². The molecule has 1 aromatic carbocycles. The van der Waals surface area contributed by atoms with Crippen LogP contribution in [0.1, 0.15) is 28.8 Å². The summed E-state index contributed by atoms with van der Waals surface area (Å²) < 4.78 is 4.74. The van der Waals surface area contributed by atoms with Crippen molar-refractivity contribution in [2.24, 2.45) is 11.7 Å². The van der Waals surface area contributed by atoms with E-state index in [9.17, 15) is 4.79 Å². The van der Waals surface area contributed by atoms with Crippen LogP contribution in [-0.4, -0.2) is 37.6 Å². The smallest absolute Gasteiger partial charge is 0.337 e. The van der Waals surface area contributed by atoms with Gasteiger partial charge in [-0.3, -0.25) is 4.90 Å². The molecule has 0 unspecified atom stereocenters. The molecule has 1 aromatic rings. The predicted molar refractivity (Wildman–Crippen MR) is 87.1 cm³/mol. The maximum atomic E-state index is 11.6. The molecule has 1 heterocycles. The highest BCUT2D eigenvalue weighted by Gasteiger charge is 2.19. The first kappa shape index (κ1) is 18.2. The van der Waals surface area contributed by atoms with Gasteiger partial charge in [-0.1, -0.05) is 11.6 Å². The van der Waals surface area contributed by atoms with Crippen LogP contribution in [0.4, 0.5) is 0 Å². The van der Waals surface area contributed by atoms with E-state index in [4.69, 9.17) is 22.1 Å². The summed E-state index contributed by atoms with van der Waals surface area (Å²) in [4.78, 5) is 13.9. The monoisotopic (exact) mass is 332 g/mol. The number of methoxy groups -OCH3 is 1. The first-order chi connectivity index (χ1) is 9.63. The highest BCUT2D eigenvalue weighted by Crippen LogP contribution is 2.23. The number of nitrogens with zero attached hydrogens (tertiary/aromatic N) is 1. The number of hydrogen-bond donors (Lipinski definition) is 1. The Kier molecular flexibility index (Phi) is 7.46. The van der Waals surface area contributed by atoms with Crippen molar-refractivity contribution in [3.63, 3.8) is 0 Å². The zero-order valence-electron chi connectivity index (χ0n) is 12.2. The largest absolute Gasteiger partial charge is 0.465 e. The second-order valence-corrected chi connectivity index (χ2v) is 5.66. The van der Waals surface area contributed by atoms with Crippen LogP contribution in [0.2, 0.25) is 5.02 Å². The fourth-order valence-corrected chi connectivity index (χ4v) is 2.74. The number of halogens is 2. The lowest BCUT2D eigenvalue weighted by molar-refractivity contribution is 0.0600. The maximum absolute atomic E-state index is 11.6. The van der Waals surface area contributed by atoms with Crippen LogP contribution in [0, 0.1) is 5.92 Å². The van der Waals surface area contributed by atoms with E-state index in [2.05, 4.69) is 4.90 Å². The van der Waals surface area contributed by atoms with Gasteiger partial charge < -0.3 is 10.5 Å². The van der Waals surface area contributed by atoms with E-state index in [-0.39, 0.29) is 18.4 Å². The number of likely N-dealkylation sites (tertiary alicyclic amines) is 1. The third kappa shape index (κ3) is 4.85. The molecule has 21 heavy (non-hydrogen) atoms. The molecule has 118 valence electrons. The first-order valence-corrected chi connectivity index (χ1v) is 7.31. The highest BCUT2D eigenvalue weighted by atomic mass is 35.5. The van der Waals surface area contributed by atoms with Crippen molar-refractivity contribution < 1.29 is 9.53 Å². The number of carbonyl (C=O) groups is 1. The lowest BCUT2D eigenvalue weighted by atomic mass is 9.96. The van der Waals surface area contributed by atoms with Gasteiger partial charge in [-0.05, 0) is 62.2 Å². The van der Waals surface area contributed by atoms with Gasteiger partial charge in [0, 0.05) is 11.6 Å². The Balaban J connectivity index is 0.00000220. The zero-order chi connectivity index (χ0) is 14.5. The summed E-state index contributed by atoms with van der Waals surface area (Å²) in [6, 6.07) is 5.28. The molecule has 0 saturated carbocycles. The molecule has 2 rings (SSSR count). The molecule has 6 heteroatoms. The number of rotatable bonds is 4. The van der Waals surface area contributed by atoms with Gasteiger partial charge >= 0.3 is 5.97 Å². The van der Waals surface area contributed by atoms with Crippen molar-refractivity contribution >= 4 is 30.0 Å². The van der Waals surface area contributed by atoms with Gasteiger partial charge in [0.15, 0.2) is 0 Å². The molecule has 1 saturated heterocycles. The summed E-state index contributed by atoms with van der Waals surface area (Å²) in [5, 5.41) is 0.693. The normalized spacial score (nSPS) is 16.3. The van der Waals surface area contributed by atoms with Crippen molar-refractivity contribution in [3.8, 4) is 0 Å².